The van der Waals surface area contributed by atoms with Gasteiger partial charge in [0, 0.05) is 11.5 Å². The van der Waals surface area contributed by atoms with Crippen LogP contribution in [0.3, 0.4) is 0 Å². The molecule has 6 heteroatoms. The largest absolute Gasteiger partial charge is 0.459 e. The van der Waals surface area contributed by atoms with E-state index < -0.39 is 29.1 Å². The molecule has 1 heterocycles. The minimum absolute atomic E-state index is 0.0422. The highest BCUT2D eigenvalue weighted by molar-refractivity contribution is 5.83. The maximum absolute atomic E-state index is 12.7. The number of carbonyl (C=O) groups is 2. The first-order chi connectivity index (χ1) is 12.3. The predicted molar refractivity (Wildman–Crippen MR) is 95.3 cm³/mol. The number of aliphatic hydroxyl groups is 1. The minimum Gasteiger partial charge on any atom is -0.459 e. The number of rotatable bonds is 4. The third kappa shape index (κ3) is 3.56. The van der Waals surface area contributed by atoms with Crippen LogP contribution < -0.4 is 0 Å². The molecule has 1 aromatic carbocycles. The number of hydrogen-bond donors (Lipinski definition) is 1. The number of likely N-dealkylation sites (tertiary alicyclic amines) is 1. The Morgan fingerprint density at radius 1 is 1.27 bits per heavy atom. The standard InChI is InChI=1S/C20H27NO5/c1-19(2,3)26-18(24)21-15(11-20(13-22)10-9-16(20)21)17(23)25-12-14-7-5-4-6-8-14/h4-8,15-16,22H,9-13H2,1-3H3/t15-,16+,20+/m0/s1. The van der Waals surface area contributed by atoms with Gasteiger partial charge >= 0.3 is 12.1 Å². The Hall–Kier alpha value is -2.08. The van der Waals surface area contributed by atoms with Gasteiger partial charge < -0.3 is 14.6 Å². The molecule has 0 unspecified atom stereocenters. The second-order valence-corrected chi connectivity index (χ2v) is 8.28. The number of aliphatic hydroxyl groups excluding tert-OH is 1. The summed E-state index contributed by atoms with van der Waals surface area (Å²) >= 11 is 0. The average Bonchev–Trinajstić information content (AvgIpc) is 2.80. The molecule has 2 fully saturated rings. The molecule has 1 N–H and O–H groups in total. The third-order valence-electron chi connectivity index (χ3n) is 5.31. The fourth-order valence-corrected chi connectivity index (χ4v) is 3.89. The summed E-state index contributed by atoms with van der Waals surface area (Å²) in [6, 6.07) is 8.54. The smallest absolute Gasteiger partial charge is 0.411 e. The number of carbonyl (C=O) groups excluding carboxylic acids is 2. The quantitative estimate of drug-likeness (QED) is 0.835. The molecule has 1 amide bonds. The zero-order valence-corrected chi connectivity index (χ0v) is 15.6. The normalized spacial score (nSPS) is 27.5. The summed E-state index contributed by atoms with van der Waals surface area (Å²) in [5.41, 5.74) is -0.167. The Kier molecular flexibility index (Phi) is 4.97. The van der Waals surface area contributed by atoms with Gasteiger partial charge in [0.2, 0.25) is 0 Å². The van der Waals surface area contributed by atoms with Crippen molar-refractivity contribution < 1.29 is 24.2 Å². The van der Waals surface area contributed by atoms with Gasteiger partial charge in [0.1, 0.15) is 18.2 Å². The van der Waals surface area contributed by atoms with Crippen molar-refractivity contribution in [3.63, 3.8) is 0 Å². The molecule has 142 valence electrons. The van der Waals surface area contributed by atoms with Crippen LogP contribution in [0.2, 0.25) is 0 Å². The van der Waals surface area contributed by atoms with Crippen molar-refractivity contribution in [1.82, 2.24) is 4.90 Å². The average molecular weight is 361 g/mol. The van der Waals surface area contributed by atoms with E-state index in [9.17, 15) is 14.7 Å². The lowest BCUT2D eigenvalue weighted by Gasteiger charge is -2.45. The summed E-state index contributed by atoms with van der Waals surface area (Å²) in [4.78, 5) is 26.9. The monoisotopic (exact) mass is 361 g/mol. The van der Waals surface area contributed by atoms with Crippen molar-refractivity contribution >= 4 is 12.1 Å². The minimum atomic E-state index is -0.715. The predicted octanol–water partition coefficient (Wildman–Crippen LogP) is 2.88. The van der Waals surface area contributed by atoms with Crippen LogP contribution >= 0.6 is 0 Å². The lowest BCUT2D eigenvalue weighted by Crippen LogP contribution is -2.54. The van der Waals surface area contributed by atoms with Crippen molar-refractivity contribution in [1.29, 1.82) is 0 Å². The Bertz CT molecular complexity index is 665. The molecular formula is C20H27NO5. The molecule has 0 aromatic heterocycles. The molecule has 26 heavy (non-hydrogen) atoms. The molecule has 1 aromatic rings. The van der Waals surface area contributed by atoms with Gasteiger partial charge in [-0.15, -0.1) is 0 Å². The summed E-state index contributed by atoms with van der Waals surface area (Å²) in [7, 11) is 0. The number of nitrogens with zero attached hydrogens (tertiary/aromatic N) is 1. The van der Waals surface area contributed by atoms with Crippen LogP contribution in [-0.4, -0.2) is 46.4 Å². The van der Waals surface area contributed by atoms with Gasteiger partial charge in [-0.2, -0.15) is 0 Å². The highest BCUT2D eigenvalue weighted by Gasteiger charge is 2.61. The molecule has 0 radical (unpaired) electrons. The van der Waals surface area contributed by atoms with Crippen molar-refractivity contribution in [2.75, 3.05) is 6.61 Å². The lowest BCUT2D eigenvalue weighted by molar-refractivity contribution is -0.150. The molecule has 6 nitrogen and oxygen atoms in total. The van der Waals surface area contributed by atoms with E-state index in [-0.39, 0.29) is 19.3 Å². The van der Waals surface area contributed by atoms with Crippen molar-refractivity contribution in [3.05, 3.63) is 35.9 Å². The summed E-state index contributed by atoms with van der Waals surface area (Å²) in [6.07, 6.45) is 1.47. The SMILES string of the molecule is CC(C)(C)OC(=O)N1[C@H](C(=O)OCc2ccccc2)C[C@@]2(CO)CC[C@@H]12. The lowest BCUT2D eigenvalue weighted by atomic mass is 9.65. The van der Waals surface area contributed by atoms with E-state index in [2.05, 4.69) is 0 Å². The molecule has 1 saturated carbocycles. The number of benzene rings is 1. The van der Waals surface area contributed by atoms with Gasteiger partial charge in [-0.1, -0.05) is 30.3 Å². The Morgan fingerprint density at radius 3 is 2.50 bits per heavy atom. The van der Waals surface area contributed by atoms with Crippen molar-refractivity contribution in [3.8, 4) is 0 Å². The molecule has 1 saturated heterocycles. The fourth-order valence-electron chi connectivity index (χ4n) is 3.89. The molecule has 3 atom stereocenters. The number of ether oxygens (including phenoxy) is 2. The second kappa shape index (κ2) is 6.91. The van der Waals surface area contributed by atoms with Crippen molar-refractivity contribution in [2.24, 2.45) is 5.41 Å². The van der Waals surface area contributed by atoms with Crippen molar-refractivity contribution in [2.45, 2.75) is 64.3 Å². The molecule has 0 spiro atoms. The Balaban J connectivity index is 1.74. The van der Waals surface area contributed by atoms with Crippen LogP contribution in [0.1, 0.15) is 45.6 Å². The van der Waals surface area contributed by atoms with E-state index >= 15 is 0 Å². The van der Waals surface area contributed by atoms with Gasteiger partial charge in [-0.05, 0) is 45.6 Å². The van der Waals surface area contributed by atoms with Gasteiger partial charge in [0.25, 0.3) is 0 Å². The van der Waals surface area contributed by atoms with Gasteiger partial charge in [-0.25, -0.2) is 9.59 Å². The summed E-state index contributed by atoms with van der Waals surface area (Å²) in [5, 5.41) is 9.86. The van der Waals surface area contributed by atoms with Gasteiger partial charge in [0.15, 0.2) is 0 Å². The van der Waals surface area contributed by atoms with Crippen LogP contribution in [0.4, 0.5) is 4.79 Å². The topological polar surface area (TPSA) is 76.1 Å². The molecule has 0 bridgehead atoms. The molecule has 1 aliphatic carbocycles. The van der Waals surface area contributed by atoms with E-state index in [1.807, 2.05) is 30.3 Å². The highest BCUT2D eigenvalue weighted by atomic mass is 16.6. The molecule has 3 rings (SSSR count). The maximum Gasteiger partial charge on any atom is 0.411 e. The number of esters is 1. The molecule has 1 aliphatic heterocycles. The van der Waals surface area contributed by atoms with Crippen LogP contribution in [0.5, 0.6) is 0 Å². The summed E-state index contributed by atoms with van der Waals surface area (Å²) in [6.45, 7) is 5.51. The number of fused-ring (bicyclic) bond motifs is 1. The summed E-state index contributed by atoms with van der Waals surface area (Å²) in [5.74, 6) is -0.443. The molecule has 2 aliphatic rings. The van der Waals surface area contributed by atoms with Crippen LogP contribution in [0, 0.1) is 5.41 Å². The zero-order valence-electron chi connectivity index (χ0n) is 15.6. The zero-order chi connectivity index (χ0) is 18.9. The number of amides is 1. The third-order valence-corrected chi connectivity index (χ3v) is 5.31. The number of hydrogen-bond acceptors (Lipinski definition) is 5. The first-order valence-electron chi connectivity index (χ1n) is 9.08. The fraction of sp³-hybridized carbons (Fsp3) is 0.600. The maximum atomic E-state index is 12.7. The highest BCUT2D eigenvalue weighted by Crippen LogP contribution is 2.54. The first-order valence-corrected chi connectivity index (χ1v) is 9.08. The Labute approximate surface area is 154 Å². The molecular weight excluding hydrogens is 334 g/mol. The summed E-state index contributed by atoms with van der Waals surface area (Å²) < 4.78 is 11.0. The second-order valence-electron chi connectivity index (χ2n) is 8.28. The van der Waals surface area contributed by atoms with E-state index in [1.165, 1.54) is 4.90 Å². The first kappa shape index (κ1) is 18.7. The van der Waals surface area contributed by atoms with E-state index in [1.54, 1.807) is 20.8 Å². The van der Waals surface area contributed by atoms with Crippen LogP contribution in [0.15, 0.2) is 30.3 Å². The van der Waals surface area contributed by atoms with Gasteiger partial charge in [0.05, 0.1) is 6.61 Å². The van der Waals surface area contributed by atoms with E-state index in [4.69, 9.17) is 9.47 Å². The van der Waals surface area contributed by atoms with E-state index in [0.29, 0.717) is 6.42 Å². The van der Waals surface area contributed by atoms with Crippen LogP contribution in [-0.2, 0) is 20.9 Å². The van der Waals surface area contributed by atoms with Gasteiger partial charge in [-0.3, -0.25) is 4.90 Å². The Morgan fingerprint density at radius 2 is 1.96 bits per heavy atom. The van der Waals surface area contributed by atoms with E-state index in [0.717, 1.165) is 18.4 Å². The van der Waals surface area contributed by atoms with Crippen LogP contribution in [0.25, 0.3) is 0 Å².